The molecule has 1 atom stereocenters. The van der Waals surface area contributed by atoms with Crippen LogP contribution in [-0.2, 0) is 9.53 Å². The Morgan fingerprint density at radius 3 is 2.62 bits per heavy atom. The van der Waals surface area contributed by atoms with Gasteiger partial charge in [-0.1, -0.05) is 0 Å². The number of carboxylic acids is 1. The van der Waals surface area contributed by atoms with Gasteiger partial charge in [0.2, 0.25) is 0 Å². The molecule has 0 bridgehead atoms. The fraction of sp³-hybridized carbons (Fsp3) is 0.875. The summed E-state index contributed by atoms with van der Waals surface area (Å²) < 4.78 is 30.2. The number of hydrogen-bond donors (Lipinski definition) is 1. The lowest BCUT2D eigenvalue weighted by atomic mass is 9.99. The van der Waals surface area contributed by atoms with Gasteiger partial charge in [0.25, 0.3) is 5.92 Å². The molecule has 0 amide bonds. The number of carbonyl (C=O) groups is 1. The topological polar surface area (TPSA) is 46.5 Å². The third kappa shape index (κ3) is 2.37. The van der Waals surface area contributed by atoms with Crippen LogP contribution in [0.2, 0.25) is 0 Å². The highest BCUT2D eigenvalue weighted by molar-refractivity contribution is 5.76. The molecule has 0 aromatic heterocycles. The second-order valence-electron chi connectivity index (χ2n) is 3.53. The van der Waals surface area contributed by atoms with Crippen molar-refractivity contribution in [1.82, 2.24) is 0 Å². The zero-order valence-corrected chi connectivity index (χ0v) is 7.35. The van der Waals surface area contributed by atoms with Crippen molar-refractivity contribution in [3.8, 4) is 0 Å². The summed E-state index contributed by atoms with van der Waals surface area (Å²) in [6, 6.07) is 0. The van der Waals surface area contributed by atoms with Crippen LogP contribution in [0, 0.1) is 0 Å². The van der Waals surface area contributed by atoms with Crippen molar-refractivity contribution in [2.75, 3.05) is 6.61 Å². The molecule has 76 valence electrons. The third-order valence-electron chi connectivity index (χ3n) is 2.25. The second kappa shape index (κ2) is 3.21. The van der Waals surface area contributed by atoms with Crippen molar-refractivity contribution in [3.05, 3.63) is 0 Å². The highest BCUT2D eigenvalue weighted by atomic mass is 19.3. The Hall–Kier alpha value is -0.710. The van der Waals surface area contributed by atoms with Gasteiger partial charge < -0.3 is 9.84 Å². The predicted molar refractivity (Wildman–Crippen MR) is 40.8 cm³/mol. The van der Waals surface area contributed by atoms with Gasteiger partial charge in [-0.3, -0.25) is 0 Å². The summed E-state index contributed by atoms with van der Waals surface area (Å²) in [5.74, 6) is -4.06. The maximum absolute atomic E-state index is 12.8. The number of halogens is 2. The van der Waals surface area contributed by atoms with Gasteiger partial charge in [-0.25, -0.2) is 13.6 Å². The van der Waals surface area contributed by atoms with Crippen molar-refractivity contribution in [2.24, 2.45) is 0 Å². The van der Waals surface area contributed by atoms with Crippen molar-refractivity contribution in [3.63, 3.8) is 0 Å². The van der Waals surface area contributed by atoms with Crippen molar-refractivity contribution in [2.45, 2.75) is 37.7 Å². The van der Waals surface area contributed by atoms with E-state index < -0.39 is 24.1 Å². The number of ether oxygens (including phenoxy) is 1. The fourth-order valence-electron chi connectivity index (χ4n) is 1.26. The molecule has 0 aliphatic carbocycles. The SMILES string of the molecule is CC1(C(=O)O)CCCC(F)(F)CO1. The Labute approximate surface area is 74.7 Å². The quantitative estimate of drug-likeness (QED) is 0.690. The summed E-state index contributed by atoms with van der Waals surface area (Å²) in [7, 11) is 0. The lowest BCUT2D eigenvalue weighted by molar-refractivity contribution is -0.172. The van der Waals surface area contributed by atoms with E-state index in [0.717, 1.165) is 0 Å². The summed E-state index contributed by atoms with van der Waals surface area (Å²) in [5.41, 5.74) is -1.44. The molecule has 3 nitrogen and oxygen atoms in total. The van der Waals surface area contributed by atoms with Gasteiger partial charge >= 0.3 is 5.97 Å². The number of alkyl halides is 2. The van der Waals surface area contributed by atoms with Crippen LogP contribution in [-0.4, -0.2) is 29.2 Å². The van der Waals surface area contributed by atoms with Crippen LogP contribution in [0.3, 0.4) is 0 Å². The van der Waals surface area contributed by atoms with E-state index in [1.807, 2.05) is 0 Å². The average Bonchev–Trinajstić information content (AvgIpc) is 2.12. The summed E-state index contributed by atoms with van der Waals surface area (Å²) in [6.07, 6.45) is 0.0175. The zero-order valence-electron chi connectivity index (χ0n) is 7.35. The first-order chi connectivity index (χ1) is 5.86. The minimum absolute atomic E-state index is 0.137. The second-order valence-corrected chi connectivity index (χ2v) is 3.53. The number of hydrogen-bond acceptors (Lipinski definition) is 2. The minimum atomic E-state index is -2.88. The number of carboxylic acid groups (broad SMARTS) is 1. The van der Waals surface area contributed by atoms with Crippen molar-refractivity contribution in [1.29, 1.82) is 0 Å². The molecule has 5 heteroatoms. The molecule has 1 unspecified atom stereocenters. The molecule has 0 spiro atoms. The van der Waals surface area contributed by atoms with Crippen molar-refractivity contribution < 1.29 is 23.4 Å². The molecule has 1 saturated heterocycles. The molecular weight excluding hydrogens is 182 g/mol. The van der Waals surface area contributed by atoms with E-state index in [9.17, 15) is 13.6 Å². The largest absolute Gasteiger partial charge is 0.479 e. The molecular formula is C8H12F2O3. The summed E-state index contributed by atoms with van der Waals surface area (Å²) in [4.78, 5) is 10.7. The fourth-order valence-corrected chi connectivity index (χ4v) is 1.26. The van der Waals surface area contributed by atoms with Crippen LogP contribution in [0.25, 0.3) is 0 Å². The van der Waals surface area contributed by atoms with Gasteiger partial charge in [0, 0.05) is 6.42 Å². The van der Waals surface area contributed by atoms with Crippen LogP contribution in [0.4, 0.5) is 8.78 Å². The lowest BCUT2D eigenvalue weighted by Crippen LogP contribution is -2.39. The minimum Gasteiger partial charge on any atom is -0.479 e. The molecule has 1 rings (SSSR count). The highest BCUT2D eigenvalue weighted by Gasteiger charge is 2.42. The van der Waals surface area contributed by atoms with E-state index in [1.165, 1.54) is 6.92 Å². The summed E-state index contributed by atoms with van der Waals surface area (Å²) >= 11 is 0. The molecule has 1 aliphatic rings. The molecule has 0 aromatic rings. The van der Waals surface area contributed by atoms with Gasteiger partial charge in [-0.05, 0) is 19.8 Å². The van der Waals surface area contributed by atoms with Gasteiger partial charge in [0.15, 0.2) is 5.60 Å². The zero-order chi connectivity index (χ0) is 10.1. The van der Waals surface area contributed by atoms with Crippen LogP contribution in [0.1, 0.15) is 26.2 Å². The average molecular weight is 194 g/mol. The van der Waals surface area contributed by atoms with E-state index >= 15 is 0 Å². The Morgan fingerprint density at radius 2 is 2.08 bits per heavy atom. The van der Waals surface area contributed by atoms with E-state index in [2.05, 4.69) is 0 Å². The molecule has 0 saturated carbocycles. The maximum Gasteiger partial charge on any atom is 0.335 e. The van der Waals surface area contributed by atoms with E-state index in [-0.39, 0.29) is 19.3 Å². The number of aliphatic carboxylic acids is 1. The molecule has 1 aliphatic heterocycles. The number of rotatable bonds is 1. The Kier molecular flexibility index (Phi) is 2.56. The third-order valence-corrected chi connectivity index (χ3v) is 2.25. The van der Waals surface area contributed by atoms with E-state index in [0.29, 0.717) is 0 Å². The van der Waals surface area contributed by atoms with Gasteiger partial charge in [-0.2, -0.15) is 0 Å². The monoisotopic (exact) mass is 194 g/mol. The molecule has 13 heavy (non-hydrogen) atoms. The lowest BCUT2D eigenvalue weighted by Gasteiger charge is -2.23. The maximum atomic E-state index is 12.8. The van der Waals surface area contributed by atoms with E-state index in [1.54, 1.807) is 0 Å². The van der Waals surface area contributed by atoms with Crippen LogP contribution in [0.15, 0.2) is 0 Å². The normalized spacial score (nSPS) is 33.8. The first kappa shape index (κ1) is 10.4. The van der Waals surface area contributed by atoms with Gasteiger partial charge in [0.05, 0.1) is 0 Å². The smallest absolute Gasteiger partial charge is 0.335 e. The molecule has 0 radical (unpaired) electrons. The first-order valence-electron chi connectivity index (χ1n) is 4.11. The Morgan fingerprint density at radius 1 is 1.46 bits per heavy atom. The van der Waals surface area contributed by atoms with Crippen LogP contribution < -0.4 is 0 Å². The molecule has 1 N–H and O–H groups in total. The van der Waals surface area contributed by atoms with Crippen molar-refractivity contribution >= 4 is 5.97 Å². The Balaban J connectivity index is 2.69. The van der Waals surface area contributed by atoms with Crippen LogP contribution in [0.5, 0.6) is 0 Å². The summed E-state index contributed by atoms with van der Waals surface area (Å²) in [6.45, 7) is 0.534. The van der Waals surface area contributed by atoms with E-state index in [4.69, 9.17) is 9.84 Å². The molecule has 1 heterocycles. The van der Waals surface area contributed by atoms with Crippen LogP contribution >= 0.6 is 0 Å². The standard InChI is InChI=1S/C8H12F2O3/c1-7(6(11)12)3-2-4-8(9,10)5-13-7/h2-5H2,1H3,(H,11,12). The highest BCUT2D eigenvalue weighted by Crippen LogP contribution is 2.32. The van der Waals surface area contributed by atoms with Gasteiger partial charge in [0.1, 0.15) is 6.61 Å². The molecule has 0 aromatic carbocycles. The molecule has 1 fully saturated rings. The van der Waals surface area contributed by atoms with Gasteiger partial charge in [-0.15, -0.1) is 0 Å². The Bertz CT molecular complexity index is 217. The predicted octanol–water partition coefficient (Wildman–Crippen LogP) is 1.67. The summed E-state index contributed by atoms with van der Waals surface area (Å²) in [5, 5.41) is 8.72. The first-order valence-corrected chi connectivity index (χ1v) is 4.11.